The van der Waals surface area contributed by atoms with Crippen LogP contribution >= 0.6 is 0 Å². The van der Waals surface area contributed by atoms with Crippen LogP contribution in [0.1, 0.15) is 38.3 Å². The Kier molecular flexibility index (Phi) is 6.01. The summed E-state index contributed by atoms with van der Waals surface area (Å²) in [5.74, 6) is 5.83. The van der Waals surface area contributed by atoms with Gasteiger partial charge in [0.25, 0.3) is 0 Å². The van der Waals surface area contributed by atoms with E-state index < -0.39 is 11.7 Å². The number of nitrogen functional groups attached to an aromatic ring is 1. The predicted molar refractivity (Wildman–Crippen MR) is 133 cm³/mol. The molecule has 0 aliphatic heterocycles. The monoisotopic (exact) mass is 499 g/mol. The first-order valence-corrected chi connectivity index (χ1v) is 11.3. The van der Waals surface area contributed by atoms with E-state index in [0.717, 1.165) is 17.7 Å². The maximum atomic E-state index is 13.5. The van der Waals surface area contributed by atoms with Crippen molar-refractivity contribution in [1.29, 1.82) is 0 Å². The number of ketones is 1. The molecule has 0 amide bonds. The number of benzene rings is 2. The number of carbonyl (C=O) groups excluding carboxylic acids is 1. The number of hydrogen-bond donors (Lipinski definition) is 1. The van der Waals surface area contributed by atoms with Crippen LogP contribution in [0, 0.1) is 18.8 Å². The number of aryl methyl sites for hydroxylation is 1. The topological polar surface area (TPSA) is 78.2 Å². The first-order valence-electron chi connectivity index (χ1n) is 11.3. The summed E-state index contributed by atoms with van der Waals surface area (Å²) in [7, 11) is 0. The smallest absolute Gasteiger partial charge is 0.396 e. The zero-order valence-electron chi connectivity index (χ0n) is 19.6. The third-order valence-electron chi connectivity index (χ3n) is 5.92. The molecule has 37 heavy (non-hydrogen) atoms. The highest BCUT2D eigenvalue weighted by molar-refractivity contribution is 5.98. The van der Waals surface area contributed by atoms with Gasteiger partial charge in [0.15, 0.2) is 11.4 Å². The van der Waals surface area contributed by atoms with Crippen molar-refractivity contribution in [3.05, 3.63) is 113 Å². The molecule has 3 aromatic heterocycles. The molecule has 0 saturated carbocycles. The number of nitrogens with two attached hydrogens (primary N) is 1. The lowest BCUT2D eigenvalue weighted by Gasteiger charge is -2.13. The van der Waals surface area contributed by atoms with Crippen molar-refractivity contribution in [3.8, 4) is 17.5 Å². The summed E-state index contributed by atoms with van der Waals surface area (Å²) in [6.07, 6.45) is 3.10. The Labute approximate surface area is 210 Å². The van der Waals surface area contributed by atoms with Gasteiger partial charge in [-0.2, -0.15) is 13.2 Å². The van der Waals surface area contributed by atoms with Gasteiger partial charge in [0, 0.05) is 41.8 Å². The molecule has 0 unspecified atom stereocenters. The van der Waals surface area contributed by atoms with Crippen LogP contribution in [0.3, 0.4) is 0 Å². The summed E-state index contributed by atoms with van der Waals surface area (Å²) in [5.41, 5.74) is 9.27. The Bertz CT molecular complexity index is 1690. The quantitative estimate of drug-likeness (QED) is 0.271. The summed E-state index contributed by atoms with van der Waals surface area (Å²) in [6, 6.07) is 12.2. The van der Waals surface area contributed by atoms with Gasteiger partial charge in [-0.3, -0.25) is 9.20 Å². The summed E-state index contributed by atoms with van der Waals surface area (Å²) in [4.78, 5) is 21.3. The average Bonchev–Trinajstić information content (AvgIpc) is 3.54. The van der Waals surface area contributed by atoms with Gasteiger partial charge in [-0.05, 0) is 60.4 Å². The SMILES string of the molecule is Cc1ccc(C(=O)Cc2cc(-n3ccnc3)cc(C(F)(F)F)c2)cc1C#Cc1cnc2c(N)cccn12. The normalized spacial score (nSPS) is 11.4. The van der Waals surface area contributed by atoms with Gasteiger partial charge in [0.05, 0.1) is 23.8 Å². The van der Waals surface area contributed by atoms with E-state index >= 15 is 0 Å². The Hall–Kier alpha value is -4.84. The van der Waals surface area contributed by atoms with Crippen LogP contribution < -0.4 is 5.73 Å². The van der Waals surface area contributed by atoms with Gasteiger partial charge < -0.3 is 10.3 Å². The Balaban J connectivity index is 1.45. The number of carbonyl (C=O) groups is 1. The molecule has 5 rings (SSSR count). The second kappa shape index (κ2) is 9.32. The number of anilines is 1. The Morgan fingerprint density at radius 2 is 1.92 bits per heavy atom. The molecule has 0 aliphatic rings. The van der Waals surface area contributed by atoms with Crippen LogP contribution in [-0.4, -0.2) is 24.7 Å². The van der Waals surface area contributed by atoms with E-state index in [1.165, 1.54) is 17.1 Å². The van der Waals surface area contributed by atoms with Crippen LogP contribution in [0.5, 0.6) is 0 Å². The maximum Gasteiger partial charge on any atom is 0.416 e. The minimum absolute atomic E-state index is 0.200. The number of imidazole rings is 2. The van der Waals surface area contributed by atoms with Crippen molar-refractivity contribution in [2.45, 2.75) is 19.5 Å². The van der Waals surface area contributed by atoms with Crippen LogP contribution in [0.4, 0.5) is 18.9 Å². The molecule has 2 N–H and O–H groups in total. The van der Waals surface area contributed by atoms with Crippen molar-refractivity contribution in [1.82, 2.24) is 18.9 Å². The van der Waals surface area contributed by atoms with E-state index in [-0.39, 0.29) is 23.5 Å². The number of hydrogen-bond acceptors (Lipinski definition) is 4. The van der Waals surface area contributed by atoms with E-state index in [0.29, 0.717) is 28.2 Å². The van der Waals surface area contributed by atoms with Crippen LogP contribution in [0.25, 0.3) is 11.3 Å². The Morgan fingerprint density at radius 3 is 2.68 bits per heavy atom. The van der Waals surface area contributed by atoms with Gasteiger partial charge in [-0.25, -0.2) is 9.97 Å². The molecule has 184 valence electrons. The molecule has 0 spiro atoms. The number of pyridine rings is 1. The molecule has 6 nitrogen and oxygen atoms in total. The third-order valence-corrected chi connectivity index (χ3v) is 5.92. The fraction of sp³-hybridized carbons (Fsp3) is 0.107. The van der Waals surface area contributed by atoms with Crippen molar-refractivity contribution in [3.63, 3.8) is 0 Å². The highest BCUT2D eigenvalue weighted by Gasteiger charge is 2.31. The first kappa shape index (κ1) is 23.9. The molecule has 2 aromatic carbocycles. The predicted octanol–water partition coefficient (Wildman–Crippen LogP) is 5.25. The Morgan fingerprint density at radius 1 is 1.08 bits per heavy atom. The molecular weight excluding hydrogens is 479 g/mol. The summed E-state index contributed by atoms with van der Waals surface area (Å²) in [5, 5.41) is 0. The van der Waals surface area contributed by atoms with E-state index in [1.807, 2.05) is 13.1 Å². The molecule has 5 aromatic rings. The van der Waals surface area contributed by atoms with Gasteiger partial charge in [-0.15, -0.1) is 0 Å². The van der Waals surface area contributed by atoms with Gasteiger partial charge in [0.2, 0.25) is 0 Å². The number of Topliss-reactive ketones (excluding diaryl/α,β-unsaturated/α-hetero) is 1. The number of halogens is 3. The molecule has 3 heterocycles. The van der Waals surface area contributed by atoms with Crippen LogP contribution in [0.2, 0.25) is 0 Å². The minimum atomic E-state index is -4.55. The highest BCUT2D eigenvalue weighted by Crippen LogP contribution is 2.32. The lowest BCUT2D eigenvalue weighted by molar-refractivity contribution is -0.137. The number of alkyl halides is 3. The van der Waals surface area contributed by atoms with E-state index in [9.17, 15) is 18.0 Å². The molecule has 9 heteroatoms. The fourth-order valence-corrected chi connectivity index (χ4v) is 3.97. The summed E-state index contributed by atoms with van der Waals surface area (Å²) in [6.45, 7) is 1.87. The molecule has 0 radical (unpaired) electrons. The number of fused-ring (bicyclic) bond motifs is 1. The second-order valence-corrected chi connectivity index (χ2v) is 8.54. The molecule has 0 fully saturated rings. The lowest BCUT2D eigenvalue weighted by Crippen LogP contribution is -2.10. The van der Waals surface area contributed by atoms with Crippen LogP contribution in [0.15, 0.2) is 79.6 Å². The lowest BCUT2D eigenvalue weighted by atomic mass is 9.97. The minimum Gasteiger partial charge on any atom is -0.396 e. The molecule has 0 saturated heterocycles. The van der Waals surface area contributed by atoms with E-state index in [1.54, 1.807) is 53.2 Å². The van der Waals surface area contributed by atoms with Gasteiger partial charge in [-0.1, -0.05) is 18.1 Å². The largest absolute Gasteiger partial charge is 0.416 e. The zero-order chi connectivity index (χ0) is 26.2. The molecule has 0 atom stereocenters. The molecule has 0 bridgehead atoms. The number of aromatic nitrogens is 4. The summed E-state index contributed by atoms with van der Waals surface area (Å²) >= 11 is 0. The zero-order valence-corrected chi connectivity index (χ0v) is 19.6. The van der Waals surface area contributed by atoms with E-state index in [2.05, 4.69) is 21.8 Å². The number of nitrogens with zero attached hydrogens (tertiary/aromatic N) is 4. The average molecular weight is 499 g/mol. The standard InChI is InChI=1S/C28H20F3N5O/c1-18-4-5-21(14-20(18)6-7-23-16-34-27-25(32)3-2-9-36(23)27)26(37)13-19-11-22(28(29,30)31)15-24(12-19)35-10-8-33-17-35/h2-5,8-12,14-17H,13,32H2,1H3. The van der Waals surface area contributed by atoms with Crippen molar-refractivity contribution in [2.24, 2.45) is 0 Å². The second-order valence-electron chi connectivity index (χ2n) is 8.54. The fourth-order valence-electron chi connectivity index (χ4n) is 3.97. The molecule has 0 aliphatic carbocycles. The van der Waals surface area contributed by atoms with Crippen molar-refractivity contribution >= 4 is 17.1 Å². The highest BCUT2D eigenvalue weighted by atomic mass is 19.4. The van der Waals surface area contributed by atoms with Crippen molar-refractivity contribution in [2.75, 3.05) is 5.73 Å². The van der Waals surface area contributed by atoms with Crippen molar-refractivity contribution < 1.29 is 18.0 Å². The first-order chi connectivity index (χ1) is 17.7. The maximum absolute atomic E-state index is 13.5. The van der Waals surface area contributed by atoms with E-state index in [4.69, 9.17) is 5.73 Å². The number of rotatable bonds is 4. The third kappa shape index (κ3) is 4.95. The van der Waals surface area contributed by atoms with Gasteiger partial charge >= 0.3 is 6.18 Å². The molecular formula is C28H20F3N5O. The van der Waals surface area contributed by atoms with Gasteiger partial charge in [0.1, 0.15) is 5.69 Å². The summed E-state index contributed by atoms with van der Waals surface area (Å²) < 4.78 is 43.8. The van der Waals surface area contributed by atoms with Crippen LogP contribution in [-0.2, 0) is 12.6 Å².